The van der Waals surface area contributed by atoms with E-state index in [1.54, 1.807) is 11.2 Å². The molecule has 0 aliphatic carbocycles. The molecule has 1 aliphatic rings. The van der Waals surface area contributed by atoms with E-state index < -0.39 is 0 Å². The van der Waals surface area contributed by atoms with Crippen LogP contribution in [0.3, 0.4) is 0 Å². The molecule has 3 rings (SSSR count). The molecule has 0 saturated carbocycles. The van der Waals surface area contributed by atoms with Gasteiger partial charge in [-0.3, -0.25) is 4.79 Å². The number of fused-ring (bicyclic) bond motifs is 1. The molecule has 6 heteroatoms. The van der Waals surface area contributed by atoms with Crippen LogP contribution in [0.4, 0.5) is 5.69 Å². The largest absolute Gasteiger partial charge is 0.304 e. The maximum absolute atomic E-state index is 12.4. The molecule has 1 aliphatic heterocycles. The molecule has 1 aromatic heterocycles. The molecule has 2 heterocycles. The predicted molar refractivity (Wildman–Crippen MR) is 79.7 cm³/mol. The van der Waals surface area contributed by atoms with Crippen LogP contribution in [0, 0.1) is 0 Å². The lowest BCUT2D eigenvalue weighted by molar-refractivity contribution is -0.117. The van der Waals surface area contributed by atoms with E-state index in [-0.39, 0.29) is 5.91 Å². The summed E-state index contributed by atoms with van der Waals surface area (Å²) in [5, 5.41) is 7.40. The SMILES string of the molecule is CCCn1ncnc1CN1C(=O)CNCc2ccccc21. The molecule has 1 aromatic carbocycles. The van der Waals surface area contributed by atoms with E-state index in [2.05, 4.69) is 22.3 Å². The summed E-state index contributed by atoms with van der Waals surface area (Å²) < 4.78 is 1.87. The van der Waals surface area contributed by atoms with Crippen molar-refractivity contribution in [2.75, 3.05) is 11.4 Å². The van der Waals surface area contributed by atoms with Gasteiger partial charge in [0.1, 0.15) is 12.2 Å². The summed E-state index contributed by atoms with van der Waals surface area (Å²) in [6, 6.07) is 7.99. The van der Waals surface area contributed by atoms with Crippen molar-refractivity contribution in [2.24, 2.45) is 0 Å². The number of hydrogen-bond donors (Lipinski definition) is 1. The van der Waals surface area contributed by atoms with Crippen molar-refractivity contribution < 1.29 is 4.79 Å². The van der Waals surface area contributed by atoms with Gasteiger partial charge in [-0.25, -0.2) is 9.67 Å². The zero-order valence-electron chi connectivity index (χ0n) is 12.1. The molecule has 110 valence electrons. The van der Waals surface area contributed by atoms with Crippen LogP contribution in [0.15, 0.2) is 30.6 Å². The zero-order chi connectivity index (χ0) is 14.7. The Morgan fingerprint density at radius 3 is 3.00 bits per heavy atom. The van der Waals surface area contributed by atoms with E-state index in [1.165, 1.54) is 0 Å². The summed E-state index contributed by atoms with van der Waals surface area (Å²) in [7, 11) is 0. The highest BCUT2D eigenvalue weighted by molar-refractivity contribution is 5.96. The van der Waals surface area contributed by atoms with Crippen molar-refractivity contribution in [3.8, 4) is 0 Å². The molecule has 0 bridgehead atoms. The first-order valence-corrected chi connectivity index (χ1v) is 7.25. The average molecular weight is 285 g/mol. The van der Waals surface area contributed by atoms with Gasteiger partial charge >= 0.3 is 0 Å². The van der Waals surface area contributed by atoms with Gasteiger partial charge in [-0.05, 0) is 18.1 Å². The molecule has 0 atom stereocenters. The van der Waals surface area contributed by atoms with Gasteiger partial charge in [0.15, 0.2) is 0 Å². The number of aromatic nitrogens is 3. The Morgan fingerprint density at radius 2 is 2.14 bits per heavy atom. The summed E-state index contributed by atoms with van der Waals surface area (Å²) >= 11 is 0. The second kappa shape index (κ2) is 6.05. The molecule has 0 unspecified atom stereocenters. The van der Waals surface area contributed by atoms with Crippen LogP contribution in [-0.2, 0) is 24.4 Å². The van der Waals surface area contributed by atoms with Gasteiger partial charge in [0.2, 0.25) is 5.91 Å². The number of carbonyl (C=O) groups excluding carboxylic acids is 1. The molecule has 1 amide bonds. The first kappa shape index (κ1) is 13.8. The average Bonchev–Trinajstić information content (AvgIpc) is 2.86. The maximum Gasteiger partial charge on any atom is 0.241 e. The highest BCUT2D eigenvalue weighted by Gasteiger charge is 2.23. The molecule has 2 aromatic rings. The van der Waals surface area contributed by atoms with Crippen LogP contribution in [-0.4, -0.2) is 27.2 Å². The Labute approximate surface area is 123 Å². The zero-order valence-corrected chi connectivity index (χ0v) is 12.1. The maximum atomic E-state index is 12.4. The number of aryl methyl sites for hydroxylation is 1. The Morgan fingerprint density at radius 1 is 1.29 bits per heavy atom. The minimum atomic E-state index is 0.0611. The summed E-state index contributed by atoms with van der Waals surface area (Å²) in [5.41, 5.74) is 2.09. The summed E-state index contributed by atoms with van der Waals surface area (Å²) in [6.07, 6.45) is 2.54. The van der Waals surface area contributed by atoms with Crippen molar-refractivity contribution in [2.45, 2.75) is 33.0 Å². The first-order chi connectivity index (χ1) is 10.3. The highest BCUT2D eigenvalue weighted by Crippen LogP contribution is 2.24. The van der Waals surface area contributed by atoms with Crippen LogP contribution in [0.5, 0.6) is 0 Å². The normalized spacial score (nSPS) is 14.9. The van der Waals surface area contributed by atoms with Crippen LogP contribution in [0.25, 0.3) is 0 Å². The fraction of sp³-hybridized carbons (Fsp3) is 0.400. The molecular weight excluding hydrogens is 266 g/mol. The Kier molecular flexibility index (Phi) is 3.96. The lowest BCUT2D eigenvalue weighted by Crippen LogP contribution is -2.36. The number of rotatable bonds is 4. The van der Waals surface area contributed by atoms with Crippen molar-refractivity contribution >= 4 is 11.6 Å². The predicted octanol–water partition coefficient (Wildman–Crippen LogP) is 1.32. The molecule has 6 nitrogen and oxygen atoms in total. The number of para-hydroxylation sites is 1. The quantitative estimate of drug-likeness (QED) is 0.920. The fourth-order valence-corrected chi connectivity index (χ4v) is 2.58. The van der Waals surface area contributed by atoms with E-state index in [0.717, 1.165) is 30.0 Å². The molecule has 0 radical (unpaired) electrons. The number of hydrogen-bond acceptors (Lipinski definition) is 4. The summed E-state index contributed by atoms with van der Waals surface area (Å²) in [5.74, 6) is 0.882. The van der Waals surface area contributed by atoms with Crippen molar-refractivity contribution in [3.05, 3.63) is 42.0 Å². The highest BCUT2D eigenvalue weighted by atomic mass is 16.2. The Hall–Kier alpha value is -2.21. The number of nitrogens with zero attached hydrogens (tertiary/aromatic N) is 4. The van der Waals surface area contributed by atoms with Crippen LogP contribution in [0.2, 0.25) is 0 Å². The van der Waals surface area contributed by atoms with Gasteiger partial charge in [-0.2, -0.15) is 5.10 Å². The number of benzene rings is 1. The molecule has 0 spiro atoms. The molecule has 0 saturated heterocycles. The Balaban J connectivity index is 1.92. The minimum absolute atomic E-state index is 0.0611. The first-order valence-electron chi connectivity index (χ1n) is 7.25. The van der Waals surface area contributed by atoms with Gasteiger partial charge < -0.3 is 10.2 Å². The number of amides is 1. The molecule has 21 heavy (non-hydrogen) atoms. The van der Waals surface area contributed by atoms with E-state index >= 15 is 0 Å². The van der Waals surface area contributed by atoms with Gasteiger partial charge in [0.05, 0.1) is 13.1 Å². The summed E-state index contributed by atoms with van der Waals surface area (Å²) in [6.45, 7) is 4.42. The number of anilines is 1. The van der Waals surface area contributed by atoms with E-state index in [1.807, 2.05) is 28.9 Å². The summed E-state index contributed by atoms with van der Waals surface area (Å²) in [4.78, 5) is 18.5. The van der Waals surface area contributed by atoms with E-state index in [0.29, 0.717) is 19.6 Å². The topological polar surface area (TPSA) is 63.1 Å². The number of carbonyl (C=O) groups is 1. The molecule has 0 fully saturated rings. The van der Waals surface area contributed by atoms with E-state index in [4.69, 9.17) is 0 Å². The molecule has 1 N–H and O–H groups in total. The third-order valence-electron chi connectivity index (χ3n) is 3.61. The lowest BCUT2D eigenvalue weighted by Gasteiger charge is -2.22. The second-order valence-corrected chi connectivity index (χ2v) is 5.11. The monoisotopic (exact) mass is 285 g/mol. The van der Waals surface area contributed by atoms with Gasteiger partial charge in [-0.1, -0.05) is 25.1 Å². The van der Waals surface area contributed by atoms with Crippen LogP contribution in [0.1, 0.15) is 24.7 Å². The fourth-order valence-electron chi connectivity index (χ4n) is 2.58. The van der Waals surface area contributed by atoms with Gasteiger partial charge in [0, 0.05) is 18.8 Å². The van der Waals surface area contributed by atoms with Crippen LogP contribution < -0.4 is 10.2 Å². The van der Waals surface area contributed by atoms with Gasteiger partial charge in [0.25, 0.3) is 0 Å². The van der Waals surface area contributed by atoms with Gasteiger partial charge in [-0.15, -0.1) is 0 Å². The number of nitrogens with one attached hydrogen (secondary N) is 1. The third kappa shape index (κ3) is 2.80. The van der Waals surface area contributed by atoms with Crippen LogP contribution >= 0.6 is 0 Å². The second-order valence-electron chi connectivity index (χ2n) is 5.11. The Bertz CT molecular complexity index is 636. The lowest BCUT2D eigenvalue weighted by atomic mass is 10.1. The van der Waals surface area contributed by atoms with E-state index in [9.17, 15) is 4.79 Å². The van der Waals surface area contributed by atoms with Crippen molar-refractivity contribution in [1.29, 1.82) is 0 Å². The smallest absolute Gasteiger partial charge is 0.241 e. The third-order valence-corrected chi connectivity index (χ3v) is 3.61. The van der Waals surface area contributed by atoms with Crippen molar-refractivity contribution in [3.63, 3.8) is 0 Å². The molecular formula is C15H19N5O. The minimum Gasteiger partial charge on any atom is -0.304 e. The van der Waals surface area contributed by atoms with Crippen molar-refractivity contribution in [1.82, 2.24) is 20.1 Å². The standard InChI is InChI=1S/C15H19N5O/c1-2-7-20-14(17-11-18-20)10-19-13-6-4-3-5-12(13)8-16-9-15(19)21/h3-6,11,16H,2,7-10H2,1H3.